The lowest BCUT2D eigenvalue weighted by Gasteiger charge is -2.40. The Morgan fingerprint density at radius 1 is 1.16 bits per heavy atom. The number of benzene rings is 1. The first-order chi connectivity index (χ1) is 8.97. The second-order valence-corrected chi connectivity index (χ2v) is 5.52. The van der Waals surface area contributed by atoms with Gasteiger partial charge in [0.2, 0.25) is 0 Å². The van der Waals surface area contributed by atoms with Gasteiger partial charge in [0.25, 0.3) is 0 Å². The molecule has 1 aromatic carbocycles. The summed E-state index contributed by atoms with van der Waals surface area (Å²) in [5.41, 5.74) is 0.979. The molecule has 106 valence electrons. The second kappa shape index (κ2) is 5.39. The molecule has 19 heavy (non-hydrogen) atoms. The Morgan fingerprint density at radius 3 is 2.42 bits per heavy atom. The van der Waals surface area contributed by atoms with Crippen molar-refractivity contribution in [2.24, 2.45) is 5.41 Å². The molecule has 1 aliphatic heterocycles. The molecule has 0 aromatic heterocycles. The molecular weight excluding hydrogens is 244 g/mol. The van der Waals surface area contributed by atoms with E-state index in [0.29, 0.717) is 18.1 Å². The minimum atomic E-state index is -0.345. The first-order valence-corrected chi connectivity index (χ1v) is 6.47. The van der Waals surface area contributed by atoms with Gasteiger partial charge in [0, 0.05) is 11.0 Å². The summed E-state index contributed by atoms with van der Waals surface area (Å²) in [6, 6.07) is 5.71. The van der Waals surface area contributed by atoms with Gasteiger partial charge in [-0.2, -0.15) is 0 Å². The van der Waals surface area contributed by atoms with Gasteiger partial charge < -0.3 is 18.9 Å². The van der Waals surface area contributed by atoms with E-state index in [4.69, 9.17) is 18.9 Å². The van der Waals surface area contributed by atoms with E-state index in [1.54, 1.807) is 14.2 Å². The molecule has 0 N–H and O–H groups in total. The standard InChI is InChI=1S/C15H22O4/c1-10-15(2,3)9-18-14(19-10)11-6-7-12(16-4)13(8-11)17-5/h6-8,10,14H,9H2,1-5H3. The van der Waals surface area contributed by atoms with Crippen LogP contribution in [0.5, 0.6) is 11.5 Å². The fraction of sp³-hybridized carbons (Fsp3) is 0.600. The molecular formula is C15H22O4. The predicted molar refractivity (Wildman–Crippen MR) is 72.6 cm³/mol. The Balaban J connectivity index is 2.19. The summed E-state index contributed by atoms with van der Waals surface area (Å²) in [7, 11) is 3.24. The number of hydrogen-bond donors (Lipinski definition) is 0. The van der Waals surface area contributed by atoms with Crippen LogP contribution in [-0.2, 0) is 9.47 Å². The maximum Gasteiger partial charge on any atom is 0.184 e. The van der Waals surface area contributed by atoms with Crippen molar-refractivity contribution in [3.8, 4) is 11.5 Å². The molecule has 1 fully saturated rings. The Hall–Kier alpha value is -1.26. The van der Waals surface area contributed by atoms with Gasteiger partial charge in [-0.3, -0.25) is 0 Å². The SMILES string of the molecule is COc1ccc(C2OCC(C)(C)C(C)O2)cc1OC. The number of ether oxygens (including phenoxy) is 4. The van der Waals surface area contributed by atoms with Crippen molar-refractivity contribution >= 4 is 0 Å². The maximum atomic E-state index is 5.94. The van der Waals surface area contributed by atoms with Gasteiger partial charge in [0.15, 0.2) is 17.8 Å². The van der Waals surface area contributed by atoms with Crippen LogP contribution in [0.15, 0.2) is 18.2 Å². The van der Waals surface area contributed by atoms with E-state index in [1.807, 2.05) is 18.2 Å². The van der Waals surface area contributed by atoms with Crippen LogP contribution in [0.3, 0.4) is 0 Å². The van der Waals surface area contributed by atoms with Crippen molar-refractivity contribution in [1.29, 1.82) is 0 Å². The highest BCUT2D eigenvalue weighted by Gasteiger charge is 2.36. The maximum absolute atomic E-state index is 5.94. The summed E-state index contributed by atoms with van der Waals surface area (Å²) in [6.07, 6.45) is -0.206. The average Bonchev–Trinajstić information content (AvgIpc) is 2.41. The van der Waals surface area contributed by atoms with Crippen LogP contribution in [0.4, 0.5) is 0 Å². The summed E-state index contributed by atoms with van der Waals surface area (Å²) in [5.74, 6) is 1.39. The molecule has 0 saturated carbocycles. The molecule has 0 amide bonds. The summed E-state index contributed by atoms with van der Waals surface area (Å²) >= 11 is 0. The van der Waals surface area contributed by atoms with Gasteiger partial charge in [-0.15, -0.1) is 0 Å². The van der Waals surface area contributed by atoms with Gasteiger partial charge in [-0.25, -0.2) is 0 Å². The molecule has 4 nitrogen and oxygen atoms in total. The summed E-state index contributed by atoms with van der Waals surface area (Å²) < 4.78 is 22.3. The van der Waals surface area contributed by atoms with Crippen LogP contribution in [0.2, 0.25) is 0 Å². The van der Waals surface area contributed by atoms with Gasteiger partial charge in [-0.1, -0.05) is 19.9 Å². The zero-order valence-corrected chi connectivity index (χ0v) is 12.2. The second-order valence-electron chi connectivity index (χ2n) is 5.52. The molecule has 0 radical (unpaired) electrons. The molecule has 2 unspecified atom stereocenters. The quantitative estimate of drug-likeness (QED) is 0.842. The van der Waals surface area contributed by atoms with Gasteiger partial charge in [0.05, 0.1) is 26.9 Å². The zero-order valence-electron chi connectivity index (χ0n) is 12.2. The molecule has 0 aliphatic carbocycles. The predicted octanol–water partition coefficient (Wildman–Crippen LogP) is 3.16. The van der Waals surface area contributed by atoms with Crippen LogP contribution >= 0.6 is 0 Å². The third-order valence-electron chi connectivity index (χ3n) is 3.71. The Bertz CT molecular complexity index is 442. The van der Waals surface area contributed by atoms with E-state index in [9.17, 15) is 0 Å². The van der Waals surface area contributed by atoms with Crippen LogP contribution in [0.1, 0.15) is 32.6 Å². The normalized spacial score (nSPS) is 25.9. The fourth-order valence-electron chi connectivity index (χ4n) is 1.99. The molecule has 0 bridgehead atoms. The van der Waals surface area contributed by atoms with E-state index >= 15 is 0 Å². The third-order valence-corrected chi connectivity index (χ3v) is 3.71. The third kappa shape index (κ3) is 2.85. The molecule has 0 spiro atoms. The minimum Gasteiger partial charge on any atom is -0.493 e. The lowest BCUT2D eigenvalue weighted by atomic mass is 9.87. The Labute approximate surface area is 114 Å². The first-order valence-electron chi connectivity index (χ1n) is 6.47. The van der Waals surface area contributed by atoms with Crippen molar-refractivity contribution in [1.82, 2.24) is 0 Å². The van der Waals surface area contributed by atoms with Crippen molar-refractivity contribution < 1.29 is 18.9 Å². The van der Waals surface area contributed by atoms with Crippen LogP contribution in [0.25, 0.3) is 0 Å². The van der Waals surface area contributed by atoms with E-state index in [1.165, 1.54) is 0 Å². The number of rotatable bonds is 3. The molecule has 1 heterocycles. The molecule has 1 saturated heterocycles. The Kier molecular flexibility index (Phi) is 4.02. The molecule has 1 aliphatic rings. The van der Waals surface area contributed by atoms with Crippen LogP contribution in [-0.4, -0.2) is 26.9 Å². The van der Waals surface area contributed by atoms with Crippen molar-refractivity contribution in [3.63, 3.8) is 0 Å². The number of hydrogen-bond acceptors (Lipinski definition) is 4. The topological polar surface area (TPSA) is 36.9 Å². The van der Waals surface area contributed by atoms with Crippen LogP contribution in [0, 0.1) is 5.41 Å². The lowest BCUT2D eigenvalue weighted by molar-refractivity contribution is -0.259. The van der Waals surface area contributed by atoms with E-state index < -0.39 is 0 Å². The van der Waals surface area contributed by atoms with E-state index in [0.717, 1.165) is 5.56 Å². The smallest absolute Gasteiger partial charge is 0.184 e. The molecule has 2 rings (SSSR count). The zero-order chi connectivity index (χ0) is 14.0. The highest BCUT2D eigenvalue weighted by atomic mass is 16.7. The lowest BCUT2D eigenvalue weighted by Crippen LogP contribution is -2.40. The summed E-state index contributed by atoms with van der Waals surface area (Å²) in [5, 5.41) is 0. The van der Waals surface area contributed by atoms with Crippen molar-refractivity contribution in [2.45, 2.75) is 33.2 Å². The minimum absolute atomic E-state index is 0.0348. The van der Waals surface area contributed by atoms with Crippen molar-refractivity contribution in [3.05, 3.63) is 23.8 Å². The van der Waals surface area contributed by atoms with Gasteiger partial charge in [0.1, 0.15) is 0 Å². The van der Waals surface area contributed by atoms with E-state index in [-0.39, 0.29) is 17.8 Å². The molecule has 4 heteroatoms. The highest BCUT2D eigenvalue weighted by Crippen LogP contribution is 2.38. The average molecular weight is 266 g/mol. The Morgan fingerprint density at radius 2 is 1.84 bits per heavy atom. The largest absolute Gasteiger partial charge is 0.493 e. The molecule has 2 atom stereocenters. The first kappa shape index (κ1) is 14.2. The van der Waals surface area contributed by atoms with Crippen molar-refractivity contribution in [2.75, 3.05) is 20.8 Å². The summed E-state index contributed by atoms with van der Waals surface area (Å²) in [4.78, 5) is 0. The van der Waals surface area contributed by atoms with E-state index in [2.05, 4.69) is 20.8 Å². The van der Waals surface area contributed by atoms with Gasteiger partial charge in [-0.05, 0) is 19.1 Å². The molecule has 1 aromatic rings. The fourth-order valence-corrected chi connectivity index (χ4v) is 1.99. The monoisotopic (exact) mass is 266 g/mol. The van der Waals surface area contributed by atoms with Crippen LogP contribution < -0.4 is 9.47 Å². The van der Waals surface area contributed by atoms with Gasteiger partial charge >= 0.3 is 0 Å². The highest BCUT2D eigenvalue weighted by molar-refractivity contribution is 5.43. The number of methoxy groups -OCH3 is 2. The summed E-state index contributed by atoms with van der Waals surface area (Å²) in [6.45, 7) is 7.04.